The maximum Gasteiger partial charge on any atom is 0.123 e. The van der Waals surface area contributed by atoms with Crippen LogP contribution in [0.2, 0.25) is 0 Å². The summed E-state index contributed by atoms with van der Waals surface area (Å²) in [7, 11) is 0. The summed E-state index contributed by atoms with van der Waals surface area (Å²) in [6, 6.07) is 10.3. The largest absolute Gasteiger partial charge is 0.507 e. The normalized spacial score (nSPS) is 12.2. The zero-order valence-corrected chi connectivity index (χ0v) is 11.4. The lowest BCUT2D eigenvalue weighted by atomic mass is 10.1. The number of phenolic OH excluding ortho intramolecular Hbond substituents is 1. The lowest BCUT2D eigenvalue weighted by Gasteiger charge is -2.18. The Bertz CT molecular complexity index is 595. The fourth-order valence-electron chi connectivity index (χ4n) is 2.08. The molecule has 0 bridgehead atoms. The molecular formula is C16H18FNO. The van der Waals surface area contributed by atoms with Crippen LogP contribution in [0, 0.1) is 19.7 Å². The van der Waals surface area contributed by atoms with Crippen LogP contribution in [0.1, 0.15) is 29.7 Å². The van der Waals surface area contributed by atoms with E-state index >= 15 is 0 Å². The molecule has 1 atom stereocenters. The molecule has 0 aliphatic carbocycles. The van der Waals surface area contributed by atoms with Crippen molar-refractivity contribution >= 4 is 5.69 Å². The Kier molecular flexibility index (Phi) is 3.74. The average molecular weight is 259 g/mol. The van der Waals surface area contributed by atoms with E-state index < -0.39 is 0 Å². The number of benzene rings is 2. The minimum Gasteiger partial charge on any atom is -0.507 e. The van der Waals surface area contributed by atoms with Crippen LogP contribution in [0.4, 0.5) is 10.1 Å². The molecular weight excluding hydrogens is 241 g/mol. The van der Waals surface area contributed by atoms with Crippen LogP contribution in [-0.2, 0) is 0 Å². The molecule has 2 aromatic rings. The molecule has 0 aliphatic rings. The summed E-state index contributed by atoms with van der Waals surface area (Å²) >= 11 is 0. The van der Waals surface area contributed by atoms with E-state index in [4.69, 9.17) is 0 Å². The summed E-state index contributed by atoms with van der Waals surface area (Å²) in [5.74, 6) is 0.0612. The standard InChI is InChI=1S/C16H18FNO/c1-10-7-8-15(11(2)16(10)19)18-12(3)13-5-4-6-14(17)9-13/h4-9,12,18-19H,1-3H3. The second kappa shape index (κ2) is 5.31. The summed E-state index contributed by atoms with van der Waals surface area (Å²) in [5, 5.41) is 13.2. The van der Waals surface area contributed by atoms with Crippen molar-refractivity contribution in [1.82, 2.24) is 0 Å². The van der Waals surface area contributed by atoms with Gasteiger partial charge >= 0.3 is 0 Å². The molecule has 0 saturated carbocycles. The van der Waals surface area contributed by atoms with E-state index in [1.54, 1.807) is 6.07 Å². The molecule has 100 valence electrons. The second-order valence-electron chi connectivity index (χ2n) is 4.82. The van der Waals surface area contributed by atoms with Crippen molar-refractivity contribution in [3.8, 4) is 5.75 Å². The van der Waals surface area contributed by atoms with Crippen molar-refractivity contribution < 1.29 is 9.50 Å². The minimum atomic E-state index is -0.241. The van der Waals surface area contributed by atoms with E-state index in [0.29, 0.717) is 5.75 Å². The van der Waals surface area contributed by atoms with Crippen LogP contribution in [0.15, 0.2) is 36.4 Å². The third kappa shape index (κ3) is 2.87. The first-order chi connectivity index (χ1) is 8.99. The fourth-order valence-corrected chi connectivity index (χ4v) is 2.08. The van der Waals surface area contributed by atoms with Crippen LogP contribution in [0.25, 0.3) is 0 Å². The molecule has 2 nitrogen and oxygen atoms in total. The van der Waals surface area contributed by atoms with E-state index in [1.165, 1.54) is 12.1 Å². The molecule has 0 saturated heterocycles. The minimum absolute atomic E-state index is 0.0310. The van der Waals surface area contributed by atoms with Crippen LogP contribution in [-0.4, -0.2) is 5.11 Å². The maximum atomic E-state index is 13.2. The van der Waals surface area contributed by atoms with Gasteiger partial charge in [-0.15, -0.1) is 0 Å². The molecule has 19 heavy (non-hydrogen) atoms. The van der Waals surface area contributed by atoms with E-state index in [2.05, 4.69) is 5.32 Å². The molecule has 2 aromatic carbocycles. The monoisotopic (exact) mass is 259 g/mol. The van der Waals surface area contributed by atoms with Crippen molar-refractivity contribution in [2.24, 2.45) is 0 Å². The average Bonchev–Trinajstić information content (AvgIpc) is 2.39. The highest BCUT2D eigenvalue weighted by Crippen LogP contribution is 2.30. The first-order valence-corrected chi connectivity index (χ1v) is 6.30. The molecule has 0 spiro atoms. The number of nitrogens with one attached hydrogen (secondary N) is 1. The number of anilines is 1. The predicted octanol–water partition coefficient (Wildman–Crippen LogP) is 4.32. The quantitative estimate of drug-likeness (QED) is 0.860. The van der Waals surface area contributed by atoms with Crippen molar-refractivity contribution in [2.45, 2.75) is 26.8 Å². The van der Waals surface area contributed by atoms with Gasteiger partial charge in [-0.25, -0.2) is 4.39 Å². The Hall–Kier alpha value is -2.03. The molecule has 0 fully saturated rings. The topological polar surface area (TPSA) is 32.3 Å². The van der Waals surface area contributed by atoms with Gasteiger partial charge in [0.2, 0.25) is 0 Å². The van der Waals surface area contributed by atoms with Gasteiger partial charge in [0, 0.05) is 17.3 Å². The van der Waals surface area contributed by atoms with Gasteiger partial charge in [-0.3, -0.25) is 0 Å². The number of phenols is 1. The second-order valence-corrected chi connectivity index (χ2v) is 4.82. The Morgan fingerprint density at radius 2 is 1.89 bits per heavy atom. The summed E-state index contributed by atoms with van der Waals surface area (Å²) in [5.41, 5.74) is 3.39. The van der Waals surface area contributed by atoms with Crippen molar-refractivity contribution in [1.29, 1.82) is 0 Å². The van der Waals surface area contributed by atoms with E-state index in [0.717, 1.165) is 22.4 Å². The summed E-state index contributed by atoms with van der Waals surface area (Å²) < 4.78 is 13.2. The number of aryl methyl sites for hydroxylation is 1. The van der Waals surface area contributed by atoms with Gasteiger partial charge in [-0.2, -0.15) is 0 Å². The van der Waals surface area contributed by atoms with Gasteiger partial charge < -0.3 is 10.4 Å². The molecule has 1 unspecified atom stereocenters. The van der Waals surface area contributed by atoms with Crippen molar-refractivity contribution in [3.63, 3.8) is 0 Å². The van der Waals surface area contributed by atoms with E-state index in [9.17, 15) is 9.50 Å². The SMILES string of the molecule is Cc1ccc(NC(C)c2cccc(F)c2)c(C)c1O. The Morgan fingerprint density at radius 1 is 1.16 bits per heavy atom. The van der Waals surface area contributed by atoms with E-state index in [-0.39, 0.29) is 11.9 Å². The molecule has 0 heterocycles. The smallest absolute Gasteiger partial charge is 0.123 e. The fraction of sp³-hybridized carbons (Fsp3) is 0.250. The highest BCUT2D eigenvalue weighted by atomic mass is 19.1. The zero-order valence-electron chi connectivity index (χ0n) is 11.4. The van der Waals surface area contributed by atoms with Gasteiger partial charge in [0.25, 0.3) is 0 Å². The van der Waals surface area contributed by atoms with Crippen LogP contribution in [0.3, 0.4) is 0 Å². The lowest BCUT2D eigenvalue weighted by Crippen LogP contribution is -2.08. The van der Waals surface area contributed by atoms with Gasteiger partial charge in [0.1, 0.15) is 11.6 Å². The first kappa shape index (κ1) is 13.4. The lowest BCUT2D eigenvalue weighted by molar-refractivity contribution is 0.467. The Balaban J connectivity index is 2.24. The zero-order chi connectivity index (χ0) is 14.0. The number of hydrogen-bond donors (Lipinski definition) is 2. The van der Waals surface area contributed by atoms with Gasteiger partial charge in [0.15, 0.2) is 0 Å². The highest BCUT2D eigenvalue weighted by Gasteiger charge is 2.10. The summed E-state index contributed by atoms with van der Waals surface area (Å²) in [6.45, 7) is 5.69. The molecule has 0 radical (unpaired) electrons. The Labute approximate surface area is 112 Å². The number of rotatable bonds is 3. The summed E-state index contributed by atoms with van der Waals surface area (Å²) in [4.78, 5) is 0. The summed E-state index contributed by atoms with van der Waals surface area (Å²) in [6.07, 6.45) is 0. The number of halogens is 1. The maximum absolute atomic E-state index is 13.2. The van der Waals surface area contributed by atoms with Crippen molar-refractivity contribution in [3.05, 3.63) is 58.9 Å². The van der Waals surface area contributed by atoms with Gasteiger partial charge in [-0.1, -0.05) is 18.2 Å². The third-order valence-corrected chi connectivity index (χ3v) is 3.35. The molecule has 2 N–H and O–H groups in total. The van der Waals surface area contributed by atoms with Gasteiger partial charge in [0.05, 0.1) is 0 Å². The van der Waals surface area contributed by atoms with E-state index in [1.807, 2.05) is 39.0 Å². The molecule has 0 aliphatic heterocycles. The predicted molar refractivity (Wildman–Crippen MR) is 76.0 cm³/mol. The molecule has 2 rings (SSSR count). The van der Waals surface area contributed by atoms with Crippen LogP contribution < -0.4 is 5.32 Å². The molecule has 3 heteroatoms. The van der Waals surface area contributed by atoms with Crippen LogP contribution in [0.5, 0.6) is 5.75 Å². The number of aromatic hydroxyl groups is 1. The molecule has 0 amide bonds. The van der Waals surface area contributed by atoms with Gasteiger partial charge in [-0.05, 0) is 50.1 Å². The highest BCUT2D eigenvalue weighted by molar-refractivity contribution is 5.59. The van der Waals surface area contributed by atoms with Crippen LogP contribution >= 0.6 is 0 Å². The Morgan fingerprint density at radius 3 is 2.58 bits per heavy atom. The molecule has 0 aromatic heterocycles. The third-order valence-electron chi connectivity index (χ3n) is 3.35. The first-order valence-electron chi connectivity index (χ1n) is 6.30. The number of hydrogen-bond acceptors (Lipinski definition) is 2. The van der Waals surface area contributed by atoms with Crippen molar-refractivity contribution in [2.75, 3.05) is 5.32 Å².